The van der Waals surface area contributed by atoms with Crippen LogP contribution in [-0.4, -0.2) is 88.6 Å². The van der Waals surface area contributed by atoms with Crippen LogP contribution >= 0.6 is 46.4 Å². The summed E-state index contributed by atoms with van der Waals surface area (Å²) in [6, 6.07) is 14.4. The molecule has 0 spiro atoms. The number of Topliss-reactive ketones (excluding diaryl/α,β-unsaturated/α-hetero) is 2. The van der Waals surface area contributed by atoms with E-state index in [-0.39, 0.29) is 48.2 Å². The third kappa shape index (κ3) is 13.8. The molecule has 6 nitrogen and oxygen atoms in total. The standard InChI is InChI=1S/C30H40Cl4N2O4.2ClH/c1-39-27-9-5-23(6-10-27)29(37)25(21-35(17-13-31)18-14-32)3-4-26(22-36(19-15-33)20-16-34)30(38)24-7-11-28(40-2)12-8-24;;/h5-12,25-26H,3-4,13-22H2,1-2H3;2*1H. The second-order valence-corrected chi connectivity index (χ2v) is 11.3. The molecule has 2 rings (SSSR count). The van der Waals surface area contributed by atoms with E-state index >= 15 is 0 Å². The first-order valence-corrected chi connectivity index (χ1v) is 15.8. The minimum absolute atomic E-state index is 0. The highest BCUT2D eigenvalue weighted by Gasteiger charge is 2.30. The quantitative estimate of drug-likeness (QED) is 0.112. The van der Waals surface area contributed by atoms with Crippen LogP contribution in [-0.2, 0) is 0 Å². The van der Waals surface area contributed by atoms with Gasteiger partial charge in [-0.1, -0.05) is 0 Å². The molecule has 0 fully saturated rings. The van der Waals surface area contributed by atoms with E-state index in [4.69, 9.17) is 55.9 Å². The van der Waals surface area contributed by atoms with Gasteiger partial charge in [-0.3, -0.25) is 9.59 Å². The van der Waals surface area contributed by atoms with E-state index in [2.05, 4.69) is 0 Å². The molecule has 12 heteroatoms. The minimum Gasteiger partial charge on any atom is -1.00 e. The summed E-state index contributed by atoms with van der Waals surface area (Å²) in [5.74, 6) is 2.78. The van der Waals surface area contributed by atoms with Gasteiger partial charge in [-0.15, -0.1) is 46.4 Å². The molecular formula is C30H42Cl6N2O4. The Morgan fingerprint density at radius 2 is 0.881 bits per heavy atom. The zero-order valence-corrected chi connectivity index (χ0v) is 28.7. The predicted molar refractivity (Wildman–Crippen MR) is 165 cm³/mol. The van der Waals surface area contributed by atoms with Gasteiger partial charge in [0, 0.05) is 11.1 Å². The van der Waals surface area contributed by atoms with Crippen LogP contribution in [0.4, 0.5) is 0 Å². The number of halogens is 6. The number of carbonyl (C=O) groups is 2. The Bertz CT molecular complexity index is 920. The number of ketones is 2. The molecule has 2 N–H and O–H groups in total. The largest absolute Gasteiger partial charge is 1.00 e. The van der Waals surface area contributed by atoms with Crippen molar-refractivity contribution in [2.24, 2.45) is 11.8 Å². The summed E-state index contributed by atoms with van der Waals surface area (Å²) in [6.07, 6.45) is 1.11. The molecule has 238 valence electrons. The van der Waals surface area contributed by atoms with Gasteiger partial charge >= 0.3 is 0 Å². The number of carbonyl (C=O) groups excluding carboxylic acids is 2. The third-order valence-corrected chi connectivity index (χ3v) is 7.97. The van der Waals surface area contributed by atoms with Gasteiger partial charge < -0.3 is 44.1 Å². The Labute approximate surface area is 283 Å². The van der Waals surface area contributed by atoms with E-state index in [1.165, 1.54) is 9.80 Å². The topological polar surface area (TPSA) is 61.5 Å². The number of ether oxygens (including phenoxy) is 2. The molecule has 0 amide bonds. The molecule has 2 aromatic carbocycles. The van der Waals surface area contributed by atoms with Gasteiger partial charge in [0.1, 0.15) is 11.5 Å². The smallest absolute Gasteiger partial charge is 0.171 e. The molecule has 2 unspecified atom stereocenters. The SMILES string of the molecule is COc1ccc(C(=O)C(CCC(C[NH+](CCCl)CCCl)C(=O)c2ccc(OC)cc2)C[NH+](CCCl)CCCl)cc1.[Cl-].[Cl-]. The lowest BCUT2D eigenvalue weighted by Gasteiger charge is -2.26. The number of quaternary nitrogens is 2. The zero-order valence-electron chi connectivity index (χ0n) is 24.2. The van der Waals surface area contributed by atoms with Crippen molar-refractivity contribution in [1.82, 2.24) is 0 Å². The summed E-state index contributed by atoms with van der Waals surface area (Å²) in [5, 5.41) is 0. The average Bonchev–Trinajstić information content (AvgIpc) is 2.98. The lowest BCUT2D eigenvalue weighted by molar-refractivity contribution is -0.898. The van der Waals surface area contributed by atoms with Gasteiger partial charge in [0.15, 0.2) is 11.6 Å². The molecule has 0 saturated heterocycles. The number of alkyl halides is 4. The van der Waals surface area contributed by atoms with E-state index < -0.39 is 0 Å². The van der Waals surface area contributed by atoms with Crippen molar-refractivity contribution in [3.63, 3.8) is 0 Å². The van der Waals surface area contributed by atoms with E-state index in [0.717, 1.165) is 0 Å². The molecular weight excluding hydrogens is 665 g/mol. The molecule has 0 aliphatic carbocycles. The molecule has 0 bridgehead atoms. The van der Waals surface area contributed by atoms with Gasteiger partial charge in [-0.2, -0.15) is 0 Å². The van der Waals surface area contributed by atoms with Crippen LogP contribution in [0.5, 0.6) is 11.5 Å². The van der Waals surface area contributed by atoms with Crippen molar-refractivity contribution >= 4 is 58.0 Å². The highest BCUT2D eigenvalue weighted by molar-refractivity contribution is 6.18. The Morgan fingerprint density at radius 3 is 1.12 bits per heavy atom. The predicted octanol–water partition coefficient (Wildman–Crippen LogP) is -2.48. The van der Waals surface area contributed by atoms with Gasteiger partial charge in [0.25, 0.3) is 0 Å². The normalized spacial score (nSPS) is 12.3. The summed E-state index contributed by atoms with van der Waals surface area (Å²) in [5.41, 5.74) is 1.24. The Morgan fingerprint density at radius 1 is 0.595 bits per heavy atom. The summed E-state index contributed by atoms with van der Waals surface area (Å²) in [6.45, 7) is 4.01. The summed E-state index contributed by atoms with van der Waals surface area (Å²) < 4.78 is 10.5. The second-order valence-electron chi connectivity index (χ2n) is 9.82. The van der Waals surface area contributed by atoms with Crippen LogP contribution in [0.1, 0.15) is 33.6 Å². The van der Waals surface area contributed by atoms with Crippen molar-refractivity contribution < 1.29 is 53.7 Å². The van der Waals surface area contributed by atoms with Crippen LogP contribution in [0.25, 0.3) is 0 Å². The summed E-state index contributed by atoms with van der Waals surface area (Å²) >= 11 is 24.3. The molecule has 42 heavy (non-hydrogen) atoms. The Kier molecular flexibility index (Phi) is 22.9. The van der Waals surface area contributed by atoms with Gasteiger partial charge in [-0.05, 0) is 61.4 Å². The highest BCUT2D eigenvalue weighted by Crippen LogP contribution is 2.22. The van der Waals surface area contributed by atoms with E-state index in [1.54, 1.807) is 62.8 Å². The number of hydrogen-bond donors (Lipinski definition) is 2. The van der Waals surface area contributed by atoms with Crippen molar-refractivity contribution in [3.05, 3.63) is 59.7 Å². The maximum Gasteiger partial charge on any atom is 0.171 e. The van der Waals surface area contributed by atoms with Crippen LogP contribution in [0.2, 0.25) is 0 Å². The lowest BCUT2D eigenvalue weighted by atomic mass is 9.86. The molecule has 0 heterocycles. The molecule has 2 aromatic rings. The lowest BCUT2D eigenvalue weighted by Crippen LogP contribution is -3.13. The zero-order chi connectivity index (χ0) is 29.3. The molecule has 0 aliphatic heterocycles. The van der Waals surface area contributed by atoms with Crippen molar-refractivity contribution in [2.45, 2.75) is 12.8 Å². The summed E-state index contributed by atoms with van der Waals surface area (Å²) in [7, 11) is 3.19. The number of rotatable bonds is 21. The van der Waals surface area contributed by atoms with E-state index in [0.29, 0.717) is 98.3 Å². The number of hydrogen-bond acceptors (Lipinski definition) is 4. The Hall–Kier alpha value is -0.960. The second kappa shape index (κ2) is 23.4. The molecule has 0 radical (unpaired) electrons. The fraction of sp³-hybridized carbons (Fsp3) is 0.533. The van der Waals surface area contributed by atoms with E-state index in [1.807, 2.05) is 0 Å². The number of benzene rings is 2. The van der Waals surface area contributed by atoms with Gasteiger partial charge in [-0.25, -0.2) is 0 Å². The van der Waals surface area contributed by atoms with Crippen LogP contribution < -0.4 is 44.1 Å². The van der Waals surface area contributed by atoms with Crippen molar-refractivity contribution in [2.75, 3.05) is 77.0 Å². The molecule has 0 saturated carbocycles. The van der Waals surface area contributed by atoms with Gasteiger partial charge in [0.2, 0.25) is 0 Å². The molecule has 0 aliphatic rings. The monoisotopic (exact) mass is 704 g/mol. The minimum atomic E-state index is -0.300. The van der Waals surface area contributed by atoms with E-state index in [9.17, 15) is 9.59 Å². The first-order valence-electron chi connectivity index (χ1n) is 13.7. The maximum absolute atomic E-state index is 13.8. The van der Waals surface area contributed by atoms with Crippen LogP contribution in [0.3, 0.4) is 0 Å². The highest BCUT2D eigenvalue weighted by atomic mass is 35.5. The van der Waals surface area contributed by atoms with Crippen molar-refractivity contribution in [3.8, 4) is 11.5 Å². The first kappa shape index (κ1) is 41.0. The number of methoxy groups -OCH3 is 2. The number of nitrogens with one attached hydrogen (secondary N) is 2. The fourth-order valence-corrected chi connectivity index (χ4v) is 5.99. The molecule has 0 aromatic heterocycles. The van der Waals surface area contributed by atoms with Crippen molar-refractivity contribution in [1.29, 1.82) is 0 Å². The first-order chi connectivity index (χ1) is 19.4. The molecule has 2 atom stereocenters. The van der Waals surface area contributed by atoms with Crippen LogP contribution in [0.15, 0.2) is 48.5 Å². The fourth-order valence-electron chi connectivity index (χ4n) is 4.93. The van der Waals surface area contributed by atoms with Gasteiger partial charge in [0.05, 0.1) is 88.8 Å². The third-order valence-electron chi connectivity index (χ3n) is 7.22. The average molecular weight is 707 g/mol. The maximum atomic E-state index is 13.8. The Balaban J connectivity index is 0.00000840. The summed E-state index contributed by atoms with van der Waals surface area (Å²) in [4.78, 5) is 29.9. The van der Waals surface area contributed by atoms with Crippen LogP contribution in [0, 0.1) is 11.8 Å².